The van der Waals surface area contributed by atoms with E-state index in [1.54, 1.807) is 0 Å². The van der Waals surface area contributed by atoms with Crippen LogP contribution in [0.3, 0.4) is 0 Å². The molecule has 0 atom stereocenters. The third-order valence-electron chi connectivity index (χ3n) is 3.85. The fourth-order valence-corrected chi connectivity index (χ4v) is 2.48. The van der Waals surface area contributed by atoms with Gasteiger partial charge in [0.1, 0.15) is 0 Å². The zero-order valence-corrected chi connectivity index (χ0v) is 16.4. The molecule has 0 heterocycles. The lowest BCUT2D eigenvalue weighted by molar-refractivity contribution is -0.138. The number of rotatable bonds is 3. The van der Waals surface area contributed by atoms with E-state index in [-0.39, 0.29) is 16.9 Å². The van der Waals surface area contributed by atoms with Crippen molar-refractivity contribution in [2.24, 2.45) is 0 Å². The topological polar surface area (TPSA) is 30.4 Å². The smallest absolute Gasteiger partial charge is 0.399 e. The Morgan fingerprint density at radius 1 is 1.00 bits per heavy atom. The average molecular weight is 432 g/mol. The Morgan fingerprint density at radius 2 is 1.59 bits per heavy atom. The van der Waals surface area contributed by atoms with Gasteiger partial charge in [0, 0.05) is 12.1 Å². The molecule has 0 aromatic heterocycles. The van der Waals surface area contributed by atoms with Gasteiger partial charge in [0.15, 0.2) is 5.69 Å². The number of aryl methyl sites for hydroxylation is 1. The van der Waals surface area contributed by atoms with Crippen LogP contribution in [0.1, 0.15) is 35.6 Å². The zero-order valence-electron chi connectivity index (χ0n) is 15.6. The number of anilines is 1. The van der Waals surface area contributed by atoms with E-state index in [2.05, 4.69) is 4.85 Å². The summed E-state index contributed by atoms with van der Waals surface area (Å²) in [5.41, 5.74) is 4.12. The Labute approximate surface area is 170 Å². The second-order valence-electron chi connectivity index (χ2n) is 6.10. The van der Waals surface area contributed by atoms with Crippen LogP contribution in [0.4, 0.5) is 37.7 Å². The van der Waals surface area contributed by atoms with E-state index in [4.69, 9.17) is 24.5 Å². The fourth-order valence-electron chi connectivity index (χ4n) is 2.32. The first-order valence-corrected chi connectivity index (χ1v) is 8.73. The average Bonchev–Trinajstić information content (AvgIpc) is 2.62. The van der Waals surface area contributed by atoms with Crippen LogP contribution in [0.5, 0.6) is 0 Å². The number of thiocarbonyl (C=S) groups is 1. The van der Waals surface area contributed by atoms with Gasteiger partial charge in [-0.2, -0.15) is 26.3 Å². The minimum atomic E-state index is -4.50. The lowest BCUT2D eigenvalue weighted by Gasteiger charge is -2.11. The Hall–Kier alpha value is -2.60. The van der Waals surface area contributed by atoms with Gasteiger partial charge in [0.2, 0.25) is 0 Å². The fraction of sp³-hybridized carbons (Fsp3) is 0.300. The van der Waals surface area contributed by atoms with Crippen molar-refractivity contribution in [3.05, 3.63) is 70.1 Å². The van der Waals surface area contributed by atoms with Crippen LogP contribution in [0.25, 0.3) is 4.85 Å². The molecule has 0 fully saturated rings. The van der Waals surface area contributed by atoms with Gasteiger partial charge in [-0.25, -0.2) is 4.85 Å². The Kier molecular flexibility index (Phi) is 8.21. The highest BCUT2D eigenvalue weighted by Gasteiger charge is 2.33. The normalized spacial score (nSPS) is 11.3. The van der Waals surface area contributed by atoms with Crippen LogP contribution in [-0.2, 0) is 18.8 Å². The van der Waals surface area contributed by atoms with Gasteiger partial charge in [-0.1, -0.05) is 43.4 Å². The summed E-state index contributed by atoms with van der Waals surface area (Å²) in [5.74, 6) is 0. The van der Waals surface area contributed by atoms with Crippen molar-refractivity contribution in [1.29, 1.82) is 0 Å². The SMILES string of the molecule is Cc1ccc(N)cc1C(F)(F)F.[C-]#[N+]c1ccc(CC(=S)CC)cc1C(F)(F)F. The first-order valence-electron chi connectivity index (χ1n) is 8.32. The molecule has 156 valence electrons. The summed E-state index contributed by atoms with van der Waals surface area (Å²) in [6.45, 7) is 9.98. The number of nitrogens with zero attached hydrogens (tertiary/aromatic N) is 1. The first-order chi connectivity index (χ1) is 13.3. The number of hydrogen-bond acceptors (Lipinski definition) is 2. The van der Waals surface area contributed by atoms with Gasteiger partial charge in [0.05, 0.1) is 17.7 Å². The largest absolute Gasteiger partial charge is 0.416 e. The Bertz CT molecular complexity index is 911. The zero-order chi connectivity index (χ0) is 22.4. The standard InChI is InChI=1S/C12H10F3NS.C8H8F3N/c1-3-9(17)6-8-4-5-11(16-2)10(7-8)12(13,14)15;1-5-2-3-6(12)4-7(5)8(9,10)11/h4-5,7H,3,6H2,1H3;2-4H,12H2,1H3. The molecule has 2 aromatic carbocycles. The molecule has 29 heavy (non-hydrogen) atoms. The number of nitrogens with two attached hydrogens (primary N) is 1. The van der Waals surface area contributed by atoms with Crippen LogP contribution in [0.2, 0.25) is 0 Å². The molecule has 2 rings (SSSR count). The first kappa shape index (κ1) is 24.4. The molecule has 2 aromatic rings. The van der Waals surface area contributed by atoms with Crippen molar-refractivity contribution < 1.29 is 26.3 Å². The van der Waals surface area contributed by atoms with E-state index in [1.807, 2.05) is 6.92 Å². The summed E-state index contributed by atoms with van der Waals surface area (Å²) < 4.78 is 74.5. The monoisotopic (exact) mass is 432 g/mol. The predicted molar refractivity (Wildman–Crippen MR) is 105 cm³/mol. The van der Waals surface area contributed by atoms with E-state index >= 15 is 0 Å². The maximum Gasteiger partial charge on any atom is 0.416 e. The third-order valence-corrected chi connectivity index (χ3v) is 4.28. The molecule has 0 aliphatic rings. The summed E-state index contributed by atoms with van der Waals surface area (Å²) >= 11 is 4.99. The molecule has 0 aliphatic heterocycles. The summed E-state index contributed by atoms with van der Waals surface area (Å²) in [5, 5.41) is 0. The predicted octanol–water partition coefficient (Wildman–Crippen LogP) is 7.17. The van der Waals surface area contributed by atoms with Gasteiger partial charge in [-0.3, -0.25) is 0 Å². The molecule has 0 spiro atoms. The number of nitrogen functional groups attached to an aromatic ring is 1. The van der Waals surface area contributed by atoms with Crippen molar-refractivity contribution in [2.75, 3.05) is 5.73 Å². The second-order valence-corrected chi connectivity index (χ2v) is 6.68. The number of benzene rings is 2. The molecular weight excluding hydrogens is 414 g/mol. The molecule has 0 aliphatic carbocycles. The van der Waals surface area contributed by atoms with Crippen molar-refractivity contribution in [2.45, 2.75) is 39.0 Å². The minimum Gasteiger partial charge on any atom is -0.399 e. The highest BCUT2D eigenvalue weighted by Crippen LogP contribution is 2.37. The quantitative estimate of drug-likeness (QED) is 0.241. The number of hydrogen-bond donors (Lipinski definition) is 1. The van der Waals surface area contributed by atoms with Crippen LogP contribution < -0.4 is 5.73 Å². The maximum atomic E-state index is 12.7. The third kappa shape index (κ3) is 7.38. The van der Waals surface area contributed by atoms with Crippen LogP contribution in [0, 0.1) is 13.5 Å². The highest BCUT2D eigenvalue weighted by atomic mass is 32.1. The molecule has 2 N–H and O–H groups in total. The van der Waals surface area contributed by atoms with E-state index in [1.165, 1.54) is 31.2 Å². The maximum absolute atomic E-state index is 12.7. The molecule has 0 bridgehead atoms. The molecule has 9 heteroatoms. The second kappa shape index (κ2) is 9.74. The van der Waals surface area contributed by atoms with Crippen LogP contribution in [-0.4, -0.2) is 4.86 Å². The van der Waals surface area contributed by atoms with Gasteiger partial charge in [-0.05, 0) is 41.5 Å². The van der Waals surface area contributed by atoms with E-state index in [9.17, 15) is 26.3 Å². The molecular formula is C20H18F6N2S. The van der Waals surface area contributed by atoms with Gasteiger partial charge in [-0.15, -0.1) is 0 Å². The molecule has 0 unspecified atom stereocenters. The van der Waals surface area contributed by atoms with E-state index in [0.717, 1.165) is 12.1 Å². The summed E-state index contributed by atoms with van der Waals surface area (Å²) in [7, 11) is 0. The lowest BCUT2D eigenvalue weighted by atomic mass is 10.0. The summed E-state index contributed by atoms with van der Waals surface area (Å²) in [4.78, 5) is 3.58. The van der Waals surface area contributed by atoms with Gasteiger partial charge < -0.3 is 5.73 Å². The van der Waals surface area contributed by atoms with E-state index in [0.29, 0.717) is 23.3 Å². The minimum absolute atomic E-state index is 0.132. The summed E-state index contributed by atoms with van der Waals surface area (Å²) in [6, 6.07) is 7.47. The van der Waals surface area contributed by atoms with Crippen LogP contribution in [0.15, 0.2) is 36.4 Å². The molecule has 0 saturated carbocycles. The summed E-state index contributed by atoms with van der Waals surface area (Å²) in [6.07, 6.45) is -7.81. The van der Waals surface area contributed by atoms with Crippen molar-refractivity contribution >= 4 is 28.5 Å². The molecule has 0 amide bonds. The lowest BCUT2D eigenvalue weighted by Crippen LogP contribution is -2.07. The van der Waals surface area contributed by atoms with Crippen molar-refractivity contribution in [3.8, 4) is 0 Å². The van der Waals surface area contributed by atoms with Gasteiger partial charge >= 0.3 is 12.4 Å². The van der Waals surface area contributed by atoms with Gasteiger partial charge in [0.25, 0.3) is 0 Å². The van der Waals surface area contributed by atoms with Crippen molar-refractivity contribution in [1.82, 2.24) is 0 Å². The molecule has 0 saturated heterocycles. The molecule has 0 radical (unpaired) electrons. The highest BCUT2D eigenvalue weighted by molar-refractivity contribution is 7.80. The number of alkyl halides is 6. The van der Waals surface area contributed by atoms with E-state index < -0.39 is 23.5 Å². The molecule has 2 nitrogen and oxygen atoms in total. The van der Waals surface area contributed by atoms with Crippen molar-refractivity contribution in [3.63, 3.8) is 0 Å². The Balaban J connectivity index is 0.000000308. The Morgan fingerprint density at radius 3 is 2.03 bits per heavy atom. The van der Waals surface area contributed by atoms with Crippen LogP contribution >= 0.6 is 12.2 Å². The number of halogens is 6.